The third kappa shape index (κ3) is 4.82. The summed E-state index contributed by atoms with van der Waals surface area (Å²) in [7, 11) is 0. The molecule has 1 atom stereocenters. The molecule has 0 radical (unpaired) electrons. The summed E-state index contributed by atoms with van der Waals surface area (Å²) in [4.78, 5) is 32.7. The van der Waals surface area contributed by atoms with Gasteiger partial charge in [-0.05, 0) is 24.5 Å². The van der Waals surface area contributed by atoms with Crippen LogP contribution in [0.15, 0.2) is 34.3 Å². The maximum atomic E-state index is 12.1. The molecule has 1 heterocycles. The Labute approximate surface area is 145 Å². The van der Waals surface area contributed by atoms with Crippen LogP contribution in [0.3, 0.4) is 0 Å². The van der Waals surface area contributed by atoms with E-state index in [4.69, 9.17) is 11.5 Å². The molecule has 1 fully saturated rings. The molecule has 0 saturated carbocycles. The minimum absolute atomic E-state index is 0.00355. The number of amides is 1. The Morgan fingerprint density at radius 3 is 2.75 bits per heavy atom. The standard InChI is InChI=1S/C16H21N5O2S/c1-10-5-3-4-6-13(10)19-15(17)20-16(18)21-8-12(7-14(21)23)9-24-11(2)22/h3-6,12H,7-9H2,1-2H3,(H4,17,18,19,20). The van der Waals surface area contributed by atoms with E-state index in [0.717, 1.165) is 5.56 Å². The van der Waals surface area contributed by atoms with Gasteiger partial charge in [-0.15, -0.1) is 0 Å². The number of aliphatic imine (C=N–C) groups is 2. The summed E-state index contributed by atoms with van der Waals surface area (Å²) in [5, 5.41) is 0.0390. The Kier molecular flexibility index (Phi) is 5.97. The van der Waals surface area contributed by atoms with E-state index in [0.29, 0.717) is 24.4 Å². The van der Waals surface area contributed by atoms with Gasteiger partial charge in [-0.3, -0.25) is 14.5 Å². The van der Waals surface area contributed by atoms with Crippen LogP contribution in [0.5, 0.6) is 0 Å². The summed E-state index contributed by atoms with van der Waals surface area (Å²) in [6, 6.07) is 7.50. The molecule has 1 aromatic rings. The van der Waals surface area contributed by atoms with Crippen molar-refractivity contribution in [1.29, 1.82) is 0 Å². The first-order valence-corrected chi connectivity index (χ1v) is 8.53. The highest BCUT2D eigenvalue weighted by atomic mass is 32.2. The Morgan fingerprint density at radius 1 is 1.38 bits per heavy atom. The van der Waals surface area contributed by atoms with E-state index in [1.807, 2.05) is 31.2 Å². The van der Waals surface area contributed by atoms with Gasteiger partial charge in [0.25, 0.3) is 0 Å². The van der Waals surface area contributed by atoms with Crippen molar-refractivity contribution < 1.29 is 9.59 Å². The Balaban J connectivity index is 2.06. The van der Waals surface area contributed by atoms with Gasteiger partial charge in [0.1, 0.15) is 0 Å². The number of thioether (sulfide) groups is 1. The first-order valence-electron chi connectivity index (χ1n) is 7.54. The van der Waals surface area contributed by atoms with E-state index >= 15 is 0 Å². The number of likely N-dealkylation sites (tertiary alicyclic amines) is 1. The molecule has 128 valence electrons. The van der Waals surface area contributed by atoms with E-state index in [2.05, 4.69) is 9.98 Å². The highest BCUT2D eigenvalue weighted by Crippen LogP contribution is 2.22. The van der Waals surface area contributed by atoms with Crippen LogP contribution in [-0.2, 0) is 9.59 Å². The number of nitrogens with two attached hydrogens (primary N) is 2. The summed E-state index contributed by atoms with van der Waals surface area (Å²) in [6.07, 6.45) is 0.353. The van der Waals surface area contributed by atoms with Crippen molar-refractivity contribution in [3.63, 3.8) is 0 Å². The number of carbonyl (C=O) groups is 2. The lowest BCUT2D eigenvalue weighted by atomic mass is 10.1. The minimum Gasteiger partial charge on any atom is -0.369 e. The zero-order valence-corrected chi connectivity index (χ0v) is 14.5. The molecule has 2 rings (SSSR count). The number of carbonyl (C=O) groups excluding carboxylic acids is 2. The van der Waals surface area contributed by atoms with Crippen LogP contribution >= 0.6 is 11.8 Å². The SMILES string of the molecule is CC(=O)SCC1CC(=O)N(/C(N)=N/C(N)=Nc2ccccc2C)C1. The van der Waals surface area contributed by atoms with Gasteiger partial charge in [-0.1, -0.05) is 30.0 Å². The topological polar surface area (TPSA) is 114 Å². The van der Waals surface area contributed by atoms with E-state index in [1.165, 1.54) is 23.6 Å². The van der Waals surface area contributed by atoms with Crippen LogP contribution in [0.1, 0.15) is 18.9 Å². The van der Waals surface area contributed by atoms with Crippen molar-refractivity contribution in [3.8, 4) is 0 Å². The Morgan fingerprint density at radius 2 is 2.08 bits per heavy atom. The van der Waals surface area contributed by atoms with E-state index in [-0.39, 0.29) is 28.9 Å². The van der Waals surface area contributed by atoms with Gasteiger partial charge in [0.05, 0.1) is 5.69 Å². The van der Waals surface area contributed by atoms with Gasteiger partial charge in [0.15, 0.2) is 5.12 Å². The number of nitrogens with zero attached hydrogens (tertiary/aromatic N) is 3. The molecule has 8 heteroatoms. The van der Waals surface area contributed by atoms with Crippen LogP contribution in [0.4, 0.5) is 5.69 Å². The van der Waals surface area contributed by atoms with Gasteiger partial charge in [0, 0.05) is 25.6 Å². The highest BCUT2D eigenvalue weighted by molar-refractivity contribution is 8.13. The number of para-hydroxylation sites is 1. The highest BCUT2D eigenvalue weighted by Gasteiger charge is 2.32. The first-order chi connectivity index (χ1) is 11.4. The maximum absolute atomic E-state index is 12.1. The van der Waals surface area contributed by atoms with Crippen molar-refractivity contribution in [2.45, 2.75) is 20.3 Å². The number of hydrogen-bond donors (Lipinski definition) is 2. The van der Waals surface area contributed by atoms with Gasteiger partial charge in [-0.25, -0.2) is 4.99 Å². The molecule has 1 saturated heterocycles. The second kappa shape index (κ2) is 7.96. The van der Waals surface area contributed by atoms with Crippen LogP contribution in [0, 0.1) is 12.8 Å². The Bertz CT molecular complexity index is 701. The maximum Gasteiger partial charge on any atom is 0.229 e. The van der Waals surface area contributed by atoms with E-state index in [1.54, 1.807) is 0 Å². The number of hydrogen-bond acceptors (Lipinski definition) is 4. The largest absolute Gasteiger partial charge is 0.369 e. The molecule has 4 N–H and O–H groups in total. The fourth-order valence-corrected chi connectivity index (χ4v) is 3.06. The molecule has 0 bridgehead atoms. The second-order valence-electron chi connectivity index (χ2n) is 5.60. The molecule has 1 aliphatic rings. The fourth-order valence-electron chi connectivity index (χ4n) is 2.36. The van der Waals surface area contributed by atoms with Crippen molar-refractivity contribution in [3.05, 3.63) is 29.8 Å². The van der Waals surface area contributed by atoms with Crippen molar-refractivity contribution in [2.24, 2.45) is 27.4 Å². The summed E-state index contributed by atoms with van der Waals surface area (Å²) < 4.78 is 0. The normalized spacial score (nSPS) is 19.0. The van der Waals surface area contributed by atoms with Crippen LogP contribution in [0.25, 0.3) is 0 Å². The molecule has 0 aromatic heterocycles. The number of rotatable bonds is 3. The van der Waals surface area contributed by atoms with Gasteiger partial charge in [0.2, 0.25) is 17.8 Å². The monoisotopic (exact) mass is 347 g/mol. The Hall–Kier alpha value is -2.35. The zero-order valence-electron chi connectivity index (χ0n) is 13.7. The fraction of sp³-hybridized carbons (Fsp3) is 0.375. The predicted molar refractivity (Wildman–Crippen MR) is 97.0 cm³/mol. The summed E-state index contributed by atoms with van der Waals surface area (Å²) in [6.45, 7) is 3.87. The van der Waals surface area contributed by atoms with E-state index in [9.17, 15) is 9.59 Å². The lowest BCUT2D eigenvalue weighted by Crippen LogP contribution is -2.39. The van der Waals surface area contributed by atoms with Gasteiger partial charge < -0.3 is 11.5 Å². The molecule has 24 heavy (non-hydrogen) atoms. The van der Waals surface area contributed by atoms with Crippen molar-refractivity contribution in [1.82, 2.24) is 4.90 Å². The average Bonchev–Trinajstić information content (AvgIpc) is 2.88. The van der Waals surface area contributed by atoms with Gasteiger partial charge >= 0.3 is 0 Å². The minimum atomic E-state index is -0.117. The van der Waals surface area contributed by atoms with Gasteiger partial charge in [-0.2, -0.15) is 4.99 Å². The molecule has 0 spiro atoms. The molecular weight excluding hydrogens is 326 g/mol. The smallest absolute Gasteiger partial charge is 0.229 e. The lowest BCUT2D eigenvalue weighted by Gasteiger charge is -2.15. The third-order valence-electron chi connectivity index (χ3n) is 3.58. The molecule has 1 aromatic carbocycles. The van der Waals surface area contributed by atoms with Crippen LogP contribution in [-0.4, -0.2) is 40.1 Å². The zero-order chi connectivity index (χ0) is 17.7. The van der Waals surface area contributed by atoms with Crippen LogP contribution < -0.4 is 11.5 Å². The number of guanidine groups is 2. The molecule has 1 amide bonds. The number of benzene rings is 1. The van der Waals surface area contributed by atoms with Crippen molar-refractivity contribution in [2.75, 3.05) is 12.3 Å². The van der Waals surface area contributed by atoms with E-state index < -0.39 is 0 Å². The summed E-state index contributed by atoms with van der Waals surface area (Å²) >= 11 is 1.21. The summed E-state index contributed by atoms with van der Waals surface area (Å²) in [5.74, 6) is 0.586. The molecule has 1 unspecified atom stereocenters. The molecule has 0 aliphatic carbocycles. The first kappa shape index (κ1) is 18.0. The van der Waals surface area contributed by atoms with Crippen LogP contribution in [0.2, 0.25) is 0 Å². The third-order valence-corrected chi connectivity index (χ3v) is 4.63. The lowest BCUT2D eigenvalue weighted by molar-refractivity contribution is -0.124. The molecule has 1 aliphatic heterocycles. The quantitative estimate of drug-likeness (QED) is 0.633. The average molecular weight is 347 g/mol. The molecule has 7 nitrogen and oxygen atoms in total. The second-order valence-corrected chi connectivity index (χ2v) is 6.80. The number of aryl methyl sites for hydroxylation is 1. The van der Waals surface area contributed by atoms with Crippen molar-refractivity contribution >= 4 is 40.4 Å². The molecular formula is C16H21N5O2S. The summed E-state index contributed by atoms with van der Waals surface area (Å²) in [5.41, 5.74) is 13.4. The predicted octanol–water partition coefficient (Wildman–Crippen LogP) is 1.38.